The number of nitrogens with one attached hydrogen (secondary N) is 2. The molecule has 0 aliphatic rings. The molecule has 0 aliphatic carbocycles. The van der Waals surface area contributed by atoms with Crippen LogP contribution in [0.25, 0.3) is 10.9 Å². The molecule has 0 atom stereocenters. The molecule has 0 aliphatic heterocycles. The minimum atomic E-state index is -3.91. The van der Waals surface area contributed by atoms with Gasteiger partial charge in [0.25, 0.3) is 15.6 Å². The van der Waals surface area contributed by atoms with Gasteiger partial charge in [-0.2, -0.15) is 0 Å². The van der Waals surface area contributed by atoms with Gasteiger partial charge in [0.2, 0.25) is 11.9 Å². The molecule has 33 heavy (non-hydrogen) atoms. The fourth-order valence-corrected chi connectivity index (χ4v) is 4.19. The van der Waals surface area contributed by atoms with Gasteiger partial charge in [-0.25, -0.2) is 28.1 Å². The van der Waals surface area contributed by atoms with E-state index in [-0.39, 0.29) is 22.9 Å². The monoisotopic (exact) mass is 464 g/mol. The van der Waals surface area contributed by atoms with E-state index in [9.17, 15) is 18.0 Å². The molecule has 0 fully saturated rings. The summed E-state index contributed by atoms with van der Waals surface area (Å²) in [6.45, 7) is 3.25. The number of nitrogens with zero attached hydrogens (tertiary/aromatic N) is 4. The van der Waals surface area contributed by atoms with Gasteiger partial charge in [0.15, 0.2) is 0 Å². The maximum atomic E-state index is 12.6. The number of anilines is 2. The van der Waals surface area contributed by atoms with E-state index in [1.54, 1.807) is 44.2 Å². The predicted molar refractivity (Wildman–Crippen MR) is 123 cm³/mol. The molecule has 0 bridgehead atoms. The lowest BCUT2D eigenvalue weighted by Crippen LogP contribution is -2.27. The normalized spacial score (nSPS) is 11.3. The first kappa shape index (κ1) is 22.1. The number of benzene rings is 2. The van der Waals surface area contributed by atoms with E-state index in [4.69, 9.17) is 0 Å². The van der Waals surface area contributed by atoms with E-state index >= 15 is 0 Å². The van der Waals surface area contributed by atoms with Crippen LogP contribution in [0.2, 0.25) is 0 Å². The van der Waals surface area contributed by atoms with E-state index in [0.29, 0.717) is 28.0 Å². The molecule has 4 aromatic rings. The van der Waals surface area contributed by atoms with Crippen molar-refractivity contribution in [2.45, 2.75) is 25.3 Å². The molecule has 0 saturated heterocycles. The second kappa shape index (κ2) is 8.79. The van der Waals surface area contributed by atoms with E-state index in [0.717, 1.165) is 0 Å². The maximum Gasteiger partial charge on any atom is 0.264 e. The Morgan fingerprint density at radius 3 is 2.36 bits per heavy atom. The van der Waals surface area contributed by atoms with Gasteiger partial charge in [-0.3, -0.25) is 14.2 Å². The minimum Gasteiger partial charge on any atom is -0.325 e. The zero-order chi connectivity index (χ0) is 23.6. The zero-order valence-electron chi connectivity index (χ0n) is 17.8. The number of carbonyl (C=O) groups is 1. The Balaban J connectivity index is 1.45. The Bertz CT molecular complexity index is 1490. The lowest BCUT2D eigenvalue weighted by atomic mass is 10.2. The van der Waals surface area contributed by atoms with Gasteiger partial charge in [0, 0.05) is 17.1 Å². The van der Waals surface area contributed by atoms with Crippen LogP contribution < -0.4 is 15.6 Å². The fraction of sp³-hybridized carbons (Fsp3) is 0.136. The Kier molecular flexibility index (Phi) is 5.88. The van der Waals surface area contributed by atoms with E-state index in [1.807, 2.05) is 0 Å². The van der Waals surface area contributed by atoms with Crippen molar-refractivity contribution in [3.63, 3.8) is 0 Å². The maximum absolute atomic E-state index is 12.6. The summed E-state index contributed by atoms with van der Waals surface area (Å²) in [4.78, 5) is 37.3. The smallest absolute Gasteiger partial charge is 0.264 e. The molecule has 2 N–H and O–H groups in total. The van der Waals surface area contributed by atoms with E-state index in [2.05, 4.69) is 25.0 Å². The van der Waals surface area contributed by atoms with Crippen molar-refractivity contribution < 1.29 is 13.2 Å². The largest absolute Gasteiger partial charge is 0.325 e. The first-order valence-electron chi connectivity index (χ1n) is 9.90. The van der Waals surface area contributed by atoms with Crippen LogP contribution in [-0.2, 0) is 21.4 Å². The van der Waals surface area contributed by atoms with Crippen molar-refractivity contribution >= 4 is 38.5 Å². The first-order chi connectivity index (χ1) is 15.7. The second-order valence-corrected chi connectivity index (χ2v) is 9.03. The molecule has 11 heteroatoms. The van der Waals surface area contributed by atoms with Crippen LogP contribution in [0.4, 0.5) is 11.6 Å². The lowest BCUT2D eigenvalue weighted by molar-refractivity contribution is -0.116. The summed E-state index contributed by atoms with van der Waals surface area (Å²) in [5.41, 5.74) is 1.88. The number of amides is 1. The quantitative estimate of drug-likeness (QED) is 0.447. The van der Waals surface area contributed by atoms with Crippen LogP contribution in [-0.4, -0.2) is 33.8 Å². The van der Waals surface area contributed by atoms with Gasteiger partial charge in [-0.1, -0.05) is 12.1 Å². The zero-order valence-corrected chi connectivity index (χ0v) is 18.6. The molecule has 1 amide bonds. The Labute approximate surface area is 189 Å². The second-order valence-electron chi connectivity index (χ2n) is 7.35. The summed E-state index contributed by atoms with van der Waals surface area (Å²) in [6.07, 6.45) is 1.32. The predicted octanol–water partition coefficient (Wildman–Crippen LogP) is 2.24. The van der Waals surface area contributed by atoms with Crippen LogP contribution >= 0.6 is 0 Å². The van der Waals surface area contributed by atoms with E-state index in [1.165, 1.54) is 35.2 Å². The number of para-hydroxylation sites is 1. The van der Waals surface area contributed by atoms with Gasteiger partial charge in [-0.15, -0.1) is 0 Å². The molecular weight excluding hydrogens is 444 g/mol. The number of aromatic nitrogens is 4. The highest BCUT2D eigenvalue weighted by atomic mass is 32.2. The van der Waals surface area contributed by atoms with Gasteiger partial charge in [0.05, 0.1) is 22.1 Å². The van der Waals surface area contributed by atoms with Crippen molar-refractivity contribution in [3.8, 4) is 0 Å². The third kappa shape index (κ3) is 5.04. The number of fused-ring (bicyclic) bond motifs is 1. The number of carbonyl (C=O) groups excluding carboxylic acids is 1. The molecule has 168 valence electrons. The summed E-state index contributed by atoms with van der Waals surface area (Å²) < 4.78 is 28.8. The summed E-state index contributed by atoms with van der Waals surface area (Å²) in [5, 5.41) is 3.06. The van der Waals surface area contributed by atoms with Crippen LogP contribution in [0.5, 0.6) is 0 Å². The van der Waals surface area contributed by atoms with Gasteiger partial charge in [-0.05, 0) is 56.3 Å². The summed E-state index contributed by atoms with van der Waals surface area (Å²) >= 11 is 0. The van der Waals surface area contributed by atoms with Gasteiger partial charge in [0.1, 0.15) is 6.54 Å². The number of hydrogen-bond acceptors (Lipinski definition) is 7. The van der Waals surface area contributed by atoms with Crippen molar-refractivity contribution in [1.82, 2.24) is 19.5 Å². The molecule has 10 nitrogen and oxygen atoms in total. The average Bonchev–Trinajstić information content (AvgIpc) is 2.75. The van der Waals surface area contributed by atoms with Gasteiger partial charge < -0.3 is 5.32 Å². The molecule has 2 aromatic heterocycles. The van der Waals surface area contributed by atoms with Crippen LogP contribution in [0.3, 0.4) is 0 Å². The Morgan fingerprint density at radius 2 is 1.67 bits per heavy atom. The highest BCUT2D eigenvalue weighted by Crippen LogP contribution is 2.17. The Morgan fingerprint density at radius 1 is 1.00 bits per heavy atom. The van der Waals surface area contributed by atoms with Crippen LogP contribution in [0.15, 0.2) is 70.6 Å². The summed E-state index contributed by atoms with van der Waals surface area (Å²) in [5.74, 6) is -0.467. The minimum absolute atomic E-state index is 0.0145. The average molecular weight is 465 g/mol. The molecule has 4 rings (SSSR count). The molecule has 0 spiro atoms. The third-order valence-electron chi connectivity index (χ3n) is 4.70. The SMILES string of the molecule is Cc1cc(C)nc(NS(=O)(=O)c2ccc(NC(=O)Cn3cnc4ccccc4c3=O)cc2)n1. The van der Waals surface area contributed by atoms with Gasteiger partial charge >= 0.3 is 0 Å². The van der Waals surface area contributed by atoms with Crippen molar-refractivity contribution in [2.75, 3.05) is 10.0 Å². The third-order valence-corrected chi connectivity index (χ3v) is 6.05. The Hall–Kier alpha value is -4.12. The highest BCUT2D eigenvalue weighted by molar-refractivity contribution is 7.92. The molecule has 2 heterocycles. The number of hydrogen-bond donors (Lipinski definition) is 2. The fourth-order valence-electron chi connectivity index (χ4n) is 3.24. The first-order valence-corrected chi connectivity index (χ1v) is 11.4. The number of sulfonamides is 1. The molecule has 0 saturated carbocycles. The van der Waals surface area contributed by atoms with Crippen LogP contribution in [0.1, 0.15) is 11.4 Å². The lowest BCUT2D eigenvalue weighted by Gasteiger charge is -2.10. The van der Waals surface area contributed by atoms with Crippen LogP contribution in [0, 0.1) is 13.8 Å². The summed E-state index contributed by atoms with van der Waals surface area (Å²) in [6, 6.07) is 14.2. The van der Waals surface area contributed by atoms with Crippen molar-refractivity contribution in [3.05, 3.63) is 82.7 Å². The van der Waals surface area contributed by atoms with Crippen molar-refractivity contribution in [2.24, 2.45) is 0 Å². The summed E-state index contributed by atoms with van der Waals surface area (Å²) in [7, 11) is -3.91. The molecule has 0 unspecified atom stereocenters. The number of rotatable bonds is 6. The molecular formula is C22H20N6O4S. The standard InChI is InChI=1S/C22H20N6O4S/c1-14-11-15(2)25-22(24-14)27-33(31,32)17-9-7-16(8-10-17)26-20(29)12-28-13-23-19-6-4-3-5-18(19)21(28)30/h3-11,13H,12H2,1-2H3,(H,26,29)(H,24,25,27). The van der Waals surface area contributed by atoms with E-state index < -0.39 is 15.9 Å². The molecule has 2 aromatic carbocycles. The van der Waals surface area contributed by atoms with Crippen molar-refractivity contribution in [1.29, 1.82) is 0 Å². The number of aryl methyl sites for hydroxylation is 2. The molecule has 0 radical (unpaired) electrons. The highest BCUT2D eigenvalue weighted by Gasteiger charge is 2.16. The topological polar surface area (TPSA) is 136 Å².